The Morgan fingerprint density at radius 1 is 1.21 bits per heavy atom. The third kappa shape index (κ3) is 3.91. The first-order valence-corrected chi connectivity index (χ1v) is 9.61. The fourth-order valence-corrected chi connectivity index (χ4v) is 3.45. The summed E-state index contributed by atoms with van der Waals surface area (Å²) >= 11 is 1.67. The molecule has 0 aliphatic carbocycles. The molecule has 0 radical (unpaired) electrons. The molecule has 3 amide bonds. The van der Waals surface area contributed by atoms with E-state index in [1.54, 1.807) is 11.8 Å². The molecule has 6 nitrogen and oxygen atoms in total. The lowest BCUT2D eigenvalue weighted by Crippen LogP contribution is -2.35. The van der Waals surface area contributed by atoms with Crippen LogP contribution < -0.4 is 10.2 Å². The number of hydrogen-bond donors (Lipinski definition) is 1. The van der Waals surface area contributed by atoms with Crippen LogP contribution in [-0.2, 0) is 16.1 Å². The summed E-state index contributed by atoms with van der Waals surface area (Å²) in [6, 6.07) is 6.94. The molecule has 2 heterocycles. The zero-order valence-corrected chi connectivity index (χ0v) is 14.7. The lowest BCUT2D eigenvalue weighted by Gasteiger charge is -2.26. The number of hydrogen-bond acceptors (Lipinski definition) is 5. The number of anilines is 1. The zero-order chi connectivity index (χ0) is 16.9. The Morgan fingerprint density at radius 3 is 2.58 bits per heavy atom. The third-order valence-corrected chi connectivity index (χ3v) is 4.98. The topological polar surface area (TPSA) is 61.9 Å². The number of amides is 3. The fraction of sp³-hybridized carbons (Fsp3) is 0.529. The summed E-state index contributed by atoms with van der Waals surface area (Å²) in [7, 11) is 0. The summed E-state index contributed by atoms with van der Waals surface area (Å²) in [6.07, 6.45) is 2.66. The smallest absolute Gasteiger partial charge is 0.329 e. The van der Waals surface area contributed by atoms with Gasteiger partial charge in [0.2, 0.25) is 0 Å². The number of imide groups is 1. The zero-order valence-electron chi connectivity index (χ0n) is 13.9. The molecule has 0 aromatic heterocycles. The summed E-state index contributed by atoms with van der Waals surface area (Å²) in [5, 5.41) is 2.77. The fourth-order valence-electron chi connectivity index (χ4n) is 2.98. The predicted molar refractivity (Wildman–Crippen MR) is 95.3 cm³/mol. The normalized spacial score (nSPS) is 22.0. The second-order valence-corrected chi connectivity index (χ2v) is 7.00. The Kier molecular flexibility index (Phi) is 5.76. The van der Waals surface area contributed by atoms with Crippen molar-refractivity contribution in [1.82, 2.24) is 10.2 Å². The van der Waals surface area contributed by atoms with Crippen molar-refractivity contribution in [2.45, 2.75) is 19.0 Å². The van der Waals surface area contributed by atoms with Crippen LogP contribution in [-0.4, -0.2) is 61.2 Å². The predicted octanol–water partition coefficient (Wildman–Crippen LogP) is 1.70. The lowest BCUT2D eigenvalue weighted by atomic mass is 10.1. The van der Waals surface area contributed by atoms with Crippen molar-refractivity contribution >= 4 is 29.4 Å². The van der Waals surface area contributed by atoms with E-state index in [0.717, 1.165) is 38.6 Å². The molecule has 1 atom stereocenters. The van der Waals surface area contributed by atoms with Crippen LogP contribution >= 0.6 is 11.8 Å². The maximum atomic E-state index is 12.4. The van der Waals surface area contributed by atoms with Crippen molar-refractivity contribution in [3.63, 3.8) is 0 Å². The largest absolute Gasteiger partial charge is 0.379 e. The van der Waals surface area contributed by atoms with E-state index in [9.17, 15) is 9.59 Å². The molecule has 0 bridgehead atoms. The van der Waals surface area contributed by atoms with Crippen molar-refractivity contribution in [3.05, 3.63) is 29.8 Å². The van der Waals surface area contributed by atoms with Gasteiger partial charge in [0, 0.05) is 19.6 Å². The number of urea groups is 1. The first-order chi connectivity index (χ1) is 11.7. The first kappa shape index (κ1) is 17.3. The summed E-state index contributed by atoms with van der Waals surface area (Å²) in [6.45, 7) is 4.29. The van der Waals surface area contributed by atoms with Gasteiger partial charge in [0.15, 0.2) is 0 Å². The highest BCUT2D eigenvalue weighted by Gasteiger charge is 2.38. The molecule has 2 aliphatic heterocycles. The van der Waals surface area contributed by atoms with Crippen LogP contribution in [0.1, 0.15) is 12.0 Å². The van der Waals surface area contributed by atoms with Crippen LogP contribution in [0.15, 0.2) is 24.3 Å². The van der Waals surface area contributed by atoms with E-state index in [0.29, 0.717) is 12.1 Å². The third-order valence-electron chi connectivity index (χ3n) is 4.33. The van der Waals surface area contributed by atoms with Gasteiger partial charge >= 0.3 is 6.03 Å². The molecule has 2 saturated heterocycles. The number of morpholine rings is 1. The number of carbonyl (C=O) groups excluding carboxylic acids is 2. The molecule has 24 heavy (non-hydrogen) atoms. The molecule has 0 saturated carbocycles. The van der Waals surface area contributed by atoms with Crippen molar-refractivity contribution < 1.29 is 14.3 Å². The van der Waals surface area contributed by atoms with Crippen molar-refractivity contribution in [3.8, 4) is 0 Å². The minimum absolute atomic E-state index is 0.157. The van der Waals surface area contributed by atoms with Crippen molar-refractivity contribution in [2.24, 2.45) is 0 Å². The molecule has 2 fully saturated rings. The Bertz CT molecular complexity index is 587. The van der Waals surface area contributed by atoms with Crippen LogP contribution in [0.25, 0.3) is 0 Å². The van der Waals surface area contributed by atoms with Crippen LogP contribution in [0, 0.1) is 0 Å². The van der Waals surface area contributed by atoms with Crippen LogP contribution in [0.3, 0.4) is 0 Å². The average molecular weight is 349 g/mol. The number of rotatable bonds is 6. The molecule has 1 aromatic carbocycles. The summed E-state index contributed by atoms with van der Waals surface area (Å²) in [5.41, 5.74) is 1.81. The average Bonchev–Trinajstić information content (AvgIpc) is 2.89. The standard InChI is InChI=1S/C17H23N3O3S/c1-24-11-6-15-16(21)20(17(22)18-15)14-4-2-13(3-5-14)12-19-7-9-23-10-8-19/h2-5,15H,6-12H2,1H3,(H,18,22)/t15-/m0/s1. The van der Waals surface area contributed by atoms with Crippen molar-refractivity contribution in [2.75, 3.05) is 43.2 Å². The van der Waals surface area contributed by atoms with Gasteiger partial charge in [0.05, 0.1) is 18.9 Å². The molecular formula is C17H23N3O3S. The van der Waals surface area contributed by atoms with Crippen LogP contribution in [0.2, 0.25) is 0 Å². The van der Waals surface area contributed by atoms with Gasteiger partial charge < -0.3 is 10.1 Å². The number of nitrogens with zero attached hydrogens (tertiary/aromatic N) is 2. The van der Waals surface area contributed by atoms with Crippen LogP contribution in [0.5, 0.6) is 0 Å². The summed E-state index contributed by atoms with van der Waals surface area (Å²) in [4.78, 5) is 28.2. The number of carbonyl (C=O) groups is 2. The number of ether oxygens (including phenoxy) is 1. The highest BCUT2D eigenvalue weighted by atomic mass is 32.2. The van der Waals surface area contributed by atoms with Gasteiger partial charge in [-0.25, -0.2) is 9.69 Å². The van der Waals surface area contributed by atoms with E-state index >= 15 is 0 Å². The molecule has 1 aromatic rings. The van der Waals surface area contributed by atoms with E-state index in [1.165, 1.54) is 10.5 Å². The van der Waals surface area contributed by atoms with Gasteiger partial charge in [0.1, 0.15) is 6.04 Å². The maximum Gasteiger partial charge on any atom is 0.329 e. The second-order valence-electron chi connectivity index (χ2n) is 6.01. The number of benzene rings is 1. The summed E-state index contributed by atoms with van der Waals surface area (Å²) in [5.74, 6) is 0.693. The van der Waals surface area contributed by atoms with E-state index < -0.39 is 6.04 Å². The molecule has 3 rings (SSSR count). The van der Waals surface area contributed by atoms with E-state index in [1.807, 2.05) is 30.5 Å². The minimum Gasteiger partial charge on any atom is -0.379 e. The Hall–Kier alpha value is -1.57. The Morgan fingerprint density at radius 2 is 1.92 bits per heavy atom. The Labute approximate surface area is 146 Å². The van der Waals surface area contributed by atoms with Gasteiger partial charge in [0.25, 0.3) is 5.91 Å². The molecule has 7 heteroatoms. The molecule has 1 N–H and O–H groups in total. The second kappa shape index (κ2) is 8.00. The molecule has 0 unspecified atom stereocenters. The van der Waals surface area contributed by atoms with Crippen LogP contribution in [0.4, 0.5) is 10.5 Å². The molecule has 2 aliphatic rings. The van der Waals surface area contributed by atoms with Gasteiger partial charge in [-0.15, -0.1) is 0 Å². The minimum atomic E-state index is -0.405. The van der Waals surface area contributed by atoms with E-state index in [2.05, 4.69) is 10.2 Å². The SMILES string of the molecule is CSCC[C@@H]1NC(=O)N(c2ccc(CN3CCOCC3)cc2)C1=O. The lowest BCUT2D eigenvalue weighted by molar-refractivity contribution is -0.118. The van der Waals surface area contributed by atoms with Crippen molar-refractivity contribution in [1.29, 1.82) is 0 Å². The molecule has 0 spiro atoms. The summed E-state index contributed by atoms with van der Waals surface area (Å²) < 4.78 is 5.35. The highest BCUT2D eigenvalue weighted by Crippen LogP contribution is 2.22. The number of thioether (sulfide) groups is 1. The van der Waals surface area contributed by atoms with Gasteiger partial charge in [-0.3, -0.25) is 9.69 Å². The van der Waals surface area contributed by atoms with E-state index in [4.69, 9.17) is 4.74 Å². The number of nitrogens with one attached hydrogen (secondary N) is 1. The molecule has 130 valence electrons. The maximum absolute atomic E-state index is 12.4. The van der Waals surface area contributed by atoms with Gasteiger partial charge in [-0.05, 0) is 36.1 Å². The van der Waals surface area contributed by atoms with E-state index in [-0.39, 0.29) is 11.9 Å². The molecular weight excluding hydrogens is 326 g/mol. The van der Waals surface area contributed by atoms with Gasteiger partial charge in [-0.2, -0.15) is 11.8 Å². The monoisotopic (exact) mass is 349 g/mol. The first-order valence-electron chi connectivity index (χ1n) is 8.21. The van der Waals surface area contributed by atoms with Gasteiger partial charge in [-0.1, -0.05) is 12.1 Å². The quantitative estimate of drug-likeness (QED) is 0.792. The highest BCUT2D eigenvalue weighted by molar-refractivity contribution is 7.98. The Balaban J connectivity index is 1.64.